The normalized spacial score (nSPS) is 15.8. The average Bonchev–Trinajstić information content (AvgIpc) is 3.10. The third-order valence-electron chi connectivity index (χ3n) is 5.49. The minimum Gasteiger partial charge on any atom is -0.488 e. The number of aryl methyl sites for hydroxylation is 1. The van der Waals surface area contributed by atoms with Crippen LogP contribution in [0.25, 0.3) is 10.8 Å². The highest BCUT2D eigenvalue weighted by atomic mass is 35.5. The van der Waals surface area contributed by atoms with Crippen LogP contribution in [0.1, 0.15) is 43.4 Å². The molecule has 162 valence electrons. The maximum Gasteiger partial charge on any atom is 0.414 e. The lowest BCUT2D eigenvalue weighted by atomic mass is 9.92. The second-order valence-electron chi connectivity index (χ2n) is 9.02. The Kier molecular flexibility index (Phi) is 5.85. The van der Waals surface area contributed by atoms with E-state index in [-0.39, 0.29) is 12.0 Å². The van der Waals surface area contributed by atoms with Crippen LogP contribution in [0.2, 0.25) is 0 Å². The van der Waals surface area contributed by atoms with Crippen molar-refractivity contribution in [2.24, 2.45) is 0 Å². The number of halogens is 1. The number of carbonyl (C=O) groups is 1. The van der Waals surface area contributed by atoms with Gasteiger partial charge in [-0.25, -0.2) is 4.79 Å². The monoisotopic (exact) mass is 437 g/mol. The van der Waals surface area contributed by atoms with E-state index in [4.69, 9.17) is 21.1 Å². The molecular weight excluding hydrogens is 410 g/mol. The zero-order chi connectivity index (χ0) is 22.2. The van der Waals surface area contributed by atoms with Gasteiger partial charge in [-0.2, -0.15) is 0 Å². The molecular formula is C26H28ClNO3. The van der Waals surface area contributed by atoms with E-state index in [1.54, 1.807) is 4.90 Å². The van der Waals surface area contributed by atoms with E-state index < -0.39 is 5.60 Å². The number of nitrogens with zero attached hydrogens (tertiary/aromatic N) is 1. The summed E-state index contributed by atoms with van der Waals surface area (Å²) in [6, 6.07) is 18.2. The standard InChI is InChI=1S/C26H28ClNO3/c1-17-9-8-12-20-22(30-16-18-10-6-5-7-11-18)13-21-24(23(17)20)19(14-27)15-28(21)25(29)31-26(2,3)4/h5-13,19H,14-16H2,1-4H3. The van der Waals surface area contributed by atoms with Crippen LogP contribution in [0.4, 0.5) is 10.5 Å². The van der Waals surface area contributed by atoms with E-state index in [0.29, 0.717) is 19.0 Å². The average molecular weight is 438 g/mol. The quantitative estimate of drug-likeness (QED) is 0.421. The van der Waals surface area contributed by atoms with Crippen molar-refractivity contribution < 1.29 is 14.3 Å². The molecule has 1 atom stereocenters. The van der Waals surface area contributed by atoms with E-state index in [1.165, 1.54) is 0 Å². The fraction of sp³-hybridized carbons (Fsp3) is 0.346. The second kappa shape index (κ2) is 8.43. The molecule has 1 amide bonds. The second-order valence-corrected chi connectivity index (χ2v) is 9.33. The van der Waals surface area contributed by atoms with Crippen LogP contribution in [-0.4, -0.2) is 24.1 Å². The topological polar surface area (TPSA) is 38.8 Å². The fourth-order valence-electron chi connectivity index (χ4n) is 4.16. The van der Waals surface area contributed by atoms with Gasteiger partial charge in [0, 0.05) is 29.8 Å². The number of anilines is 1. The van der Waals surface area contributed by atoms with Gasteiger partial charge >= 0.3 is 6.09 Å². The van der Waals surface area contributed by atoms with Gasteiger partial charge in [-0.15, -0.1) is 11.6 Å². The Labute approximate surface area is 188 Å². The highest BCUT2D eigenvalue weighted by molar-refractivity contribution is 6.19. The van der Waals surface area contributed by atoms with Crippen molar-refractivity contribution in [2.45, 2.75) is 45.8 Å². The number of hydrogen-bond donors (Lipinski definition) is 0. The van der Waals surface area contributed by atoms with Crippen molar-refractivity contribution in [3.63, 3.8) is 0 Å². The Hall–Kier alpha value is -2.72. The molecule has 0 bridgehead atoms. The lowest BCUT2D eigenvalue weighted by Gasteiger charge is -2.25. The Morgan fingerprint density at radius 3 is 2.55 bits per heavy atom. The lowest BCUT2D eigenvalue weighted by Crippen LogP contribution is -2.36. The predicted octanol–water partition coefficient (Wildman–Crippen LogP) is 6.80. The van der Waals surface area contributed by atoms with Crippen molar-refractivity contribution in [1.29, 1.82) is 0 Å². The van der Waals surface area contributed by atoms with Gasteiger partial charge in [0.2, 0.25) is 0 Å². The SMILES string of the molecule is Cc1cccc2c(OCc3ccccc3)cc3c(c12)C(CCl)CN3C(=O)OC(C)(C)C. The first-order chi connectivity index (χ1) is 14.8. The minimum absolute atomic E-state index is 0.0379. The zero-order valence-corrected chi connectivity index (χ0v) is 19.2. The number of hydrogen-bond acceptors (Lipinski definition) is 3. The Balaban J connectivity index is 1.82. The van der Waals surface area contributed by atoms with E-state index in [0.717, 1.165) is 38.9 Å². The third-order valence-corrected chi connectivity index (χ3v) is 5.86. The molecule has 1 aliphatic rings. The molecule has 1 aliphatic heterocycles. The van der Waals surface area contributed by atoms with Crippen molar-refractivity contribution >= 4 is 34.2 Å². The summed E-state index contributed by atoms with van der Waals surface area (Å²) in [5.74, 6) is 1.22. The van der Waals surface area contributed by atoms with Gasteiger partial charge in [-0.3, -0.25) is 4.90 Å². The van der Waals surface area contributed by atoms with Crippen molar-refractivity contribution in [2.75, 3.05) is 17.3 Å². The van der Waals surface area contributed by atoms with Crippen LogP contribution in [0.15, 0.2) is 54.6 Å². The molecule has 0 radical (unpaired) electrons. The predicted molar refractivity (Wildman–Crippen MR) is 127 cm³/mol. The first-order valence-electron chi connectivity index (χ1n) is 10.6. The maximum absolute atomic E-state index is 13.0. The molecule has 0 aromatic heterocycles. The number of alkyl halides is 1. The summed E-state index contributed by atoms with van der Waals surface area (Å²) in [7, 11) is 0. The smallest absolute Gasteiger partial charge is 0.414 e. The van der Waals surface area contributed by atoms with E-state index >= 15 is 0 Å². The fourth-order valence-corrected chi connectivity index (χ4v) is 4.41. The van der Waals surface area contributed by atoms with Crippen LogP contribution >= 0.6 is 11.6 Å². The summed E-state index contributed by atoms with van der Waals surface area (Å²) in [4.78, 5) is 14.7. The van der Waals surface area contributed by atoms with Crippen LogP contribution in [0.5, 0.6) is 5.75 Å². The third kappa shape index (κ3) is 4.35. The van der Waals surface area contributed by atoms with Crippen molar-refractivity contribution in [1.82, 2.24) is 0 Å². The first kappa shape index (κ1) is 21.5. The lowest BCUT2D eigenvalue weighted by molar-refractivity contribution is 0.0582. The van der Waals surface area contributed by atoms with Gasteiger partial charge < -0.3 is 9.47 Å². The van der Waals surface area contributed by atoms with E-state index in [2.05, 4.69) is 19.1 Å². The van der Waals surface area contributed by atoms with Crippen molar-refractivity contribution in [3.8, 4) is 5.75 Å². The summed E-state index contributed by atoms with van der Waals surface area (Å²) in [5, 5.41) is 2.15. The van der Waals surface area contributed by atoms with Gasteiger partial charge in [-0.05, 0) is 49.8 Å². The molecule has 4 rings (SSSR count). The highest BCUT2D eigenvalue weighted by Gasteiger charge is 2.37. The summed E-state index contributed by atoms with van der Waals surface area (Å²) < 4.78 is 12.0. The molecule has 3 aromatic carbocycles. The number of fused-ring (bicyclic) bond motifs is 3. The first-order valence-corrected chi connectivity index (χ1v) is 11.1. The van der Waals surface area contributed by atoms with Gasteiger partial charge in [-0.1, -0.05) is 48.5 Å². The highest BCUT2D eigenvalue weighted by Crippen LogP contribution is 2.47. The van der Waals surface area contributed by atoms with Gasteiger partial charge in [0.25, 0.3) is 0 Å². The molecule has 0 aliphatic carbocycles. The molecule has 4 nitrogen and oxygen atoms in total. The van der Waals surface area contributed by atoms with Gasteiger partial charge in [0.05, 0.1) is 5.69 Å². The maximum atomic E-state index is 13.0. The molecule has 5 heteroatoms. The molecule has 0 spiro atoms. The number of ether oxygens (including phenoxy) is 2. The molecule has 3 aromatic rings. The number of rotatable bonds is 4. The Bertz CT molecular complexity index is 1110. The molecule has 0 saturated heterocycles. The number of carbonyl (C=O) groups excluding carboxylic acids is 1. The van der Waals surface area contributed by atoms with Gasteiger partial charge in [0.15, 0.2) is 0 Å². The Morgan fingerprint density at radius 1 is 1.13 bits per heavy atom. The molecule has 0 saturated carbocycles. The summed E-state index contributed by atoms with van der Waals surface area (Å²) in [6.07, 6.45) is -0.358. The van der Waals surface area contributed by atoms with Crippen LogP contribution < -0.4 is 9.64 Å². The molecule has 0 fully saturated rings. The Morgan fingerprint density at radius 2 is 1.87 bits per heavy atom. The van der Waals surface area contributed by atoms with Crippen LogP contribution in [0.3, 0.4) is 0 Å². The van der Waals surface area contributed by atoms with Crippen LogP contribution in [-0.2, 0) is 11.3 Å². The molecule has 0 N–H and O–H groups in total. The summed E-state index contributed by atoms with van der Waals surface area (Å²) >= 11 is 6.36. The largest absolute Gasteiger partial charge is 0.488 e. The molecule has 1 heterocycles. The van der Waals surface area contributed by atoms with E-state index in [9.17, 15) is 4.79 Å². The molecule has 31 heavy (non-hydrogen) atoms. The molecule has 1 unspecified atom stereocenters. The zero-order valence-electron chi connectivity index (χ0n) is 18.4. The van der Waals surface area contributed by atoms with Gasteiger partial charge in [0.1, 0.15) is 18.0 Å². The summed E-state index contributed by atoms with van der Waals surface area (Å²) in [6.45, 7) is 8.66. The number of amides is 1. The van der Waals surface area contributed by atoms with E-state index in [1.807, 2.05) is 63.2 Å². The van der Waals surface area contributed by atoms with Crippen molar-refractivity contribution in [3.05, 3.63) is 71.3 Å². The van der Waals surface area contributed by atoms with Crippen LogP contribution in [0, 0.1) is 6.92 Å². The minimum atomic E-state index is -0.574. The summed E-state index contributed by atoms with van der Waals surface area (Å²) in [5.41, 5.74) is 3.58. The number of benzene rings is 3.